The standard InChI is InChI=1S/C22H22N4OS/c1-14-20(17-11-7-8-12-18(17)23-14)21(27)15(2)28-22-25-24-19(26(22)3)13-16-9-5-4-6-10-16/h4-12,15,23H,13H2,1-3H3/t15-/m0/s1. The maximum atomic E-state index is 13.2. The van der Waals surface area contributed by atoms with Crippen LogP contribution in [0.3, 0.4) is 0 Å². The number of fused-ring (bicyclic) bond motifs is 1. The molecule has 0 spiro atoms. The smallest absolute Gasteiger partial charge is 0.191 e. The first-order chi connectivity index (χ1) is 13.5. The summed E-state index contributed by atoms with van der Waals surface area (Å²) < 4.78 is 1.98. The highest BCUT2D eigenvalue weighted by Gasteiger charge is 2.24. The fraction of sp³-hybridized carbons (Fsp3) is 0.227. The molecule has 0 aliphatic rings. The van der Waals surface area contributed by atoms with Crippen molar-refractivity contribution < 1.29 is 4.79 Å². The van der Waals surface area contributed by atoms with Crippen molar-refractivity contribution in [1.82, 2.24) is 19.7 Å². The molecule has 2 aromatic carbocycles. The van der Waals surface area contributed by atoms with Gasteiger partial charge in [0.1, 0.15) is 5.82 Å². The van der Waals surface area contributed by atoms with E-state index in [9.17, 15) is 4.79 Å². The molecule has 0 aliphatic carbocycles. The van der Waals surface area contributed by atoms with Gasteiger partial charge in [-0.2, -0.15) is 0 Å². The first-order valence-electron chi connectivity index (χ1n) is 9.25. The molecule has 0 saturated carbocycles. The van der Waals surface area contributed by atoms with Crippen molar-refractivity contribution >= 4 is 28.4 Å². The Morgan fingerprint density at radius 2 is 1.82 bits per heavy atom. The molecule has 4 aromatic rings. The number of hydrogen-bond acceptors (Lipinski definition) is 4. The van der Waals surface area contributed by atoms with Crippen molar-refractivity contribution in [2.45, 2.75) is 30.7 Å². The molecule has 6 heteroatoms. The number of nitrogens with one attached hydrogen (secondary N) is 1. The van der Waals surface area contributed by atoms with Crippen LogP contribution in [-0.4, -0.2) is 30.8 Å². The molecule has 4 rings (SSSR count). The lowest BCUT2D eigenvalue weighted by molar-refractivity contribution is 0.0995. The van der Waals surface area contributed by atoms with Crippen LogP contribution in [0.1, 0.15) is 34.4 Å². The second-order valence-electron chi connectivity index (χ2n) is 6.92. The quantitative estimate of drug-likeness (QED) is 0.387. The summed E-state index contributed by atoms with van der Waals surface area (Å²) in [4.78, 5) is 16.5. The van der Waals surface area contributed by atoms with Crippen molar-refractivity contribution in [3.8, 4) is 0 Å². The van der Waals surface area contributed by atoms with Crippen molar-refractivity contribution in [1.29, 1.82) is 0 Å². The predicted molar refractivity (Wildman–Crippen MR) is 113 cm³/mol. The number of ketones is 1. The second kappa shape index (κ2) is 7.64. The third-order valence-corrected chi connectivity index (χ3v) is 6.06. The summed E-state index contributed by atoms with van der Waals surface area (Å²) in [6.07, 6.45) is 0.717. The number of thioether (sulfide) groups is 1. The molecular weight excluding hydrogens is 368 g/mol. The highest BCUT2D eigenvalue weighted by molar-refractivity contribution is 8.00. The van der Waals surface area contributed by atoms with E-state index in [4.69, 9.17) is 0 Å². The first-order valence-corrected chi connectivity index (χ1v) is 10.1. The van der Waals surface area contributed by atoms with Gasteiger partial charge in [0.2, 0.25) is 0 Å². The average molecular weight is 391 g/mol. The van der Waals surface area contributed by atoms with Crippen LogP contribution in [0.25, 0.3) is 10.9 Å². The van der Waals surface area contributed by atoms with Gasteiger partial charge in [0, 0.05) is 35.6 Å². The first kappa shape index (κ1) is 18.5. The number of para-hydroxylation sites is 1. The minimum Gasteiger partial charge on any atom is -0.358 e. The summed E-state index contributed by atoms with van der Waals surface area (Å²) in [7, 11) is 1.95. The predicted octanol–water partition coefficient (Wildman–Crippen LogP) is 4.56. The number of H-pyrrole nitrogens is 1. The van der Waals surface area contributed by atoms with E-state index in [1.165, 1.54) is 17.3 Å². The molecule has 0 aliphatic heterocycles. The second-order valence-corrected chi connectivity index (χ2v) is 8.22. The lowest BCUT2D eigenvalue weighted by Crippen LogP contribution is -2.15. The van der Waals surface area contributed by atoms with Gasteiger partial charge in [-0.25, -0.2) is 0 Å². The molecule has 0 saturated heterocycles. The van der Waals surface area contributed by atoms with E-state index in [-0.39, 0.29) is 11.0 Å². The van der Waals surface area contributed by atoms with Gasteiger partial charge in [-0.05, 0) is 25.5 Å². The Kier molecular flexibility index (Phi) is 5.05. The summed E-state index contributed by atoms with van der Waals surface area (Å²) in [6, 6.07) is 18.1. The van der Waals surface area contributed by atoms with Gasteiger partial charge < -0.3 is 9.55 Å². The zero-order chi connectivity index (χ0) is 19.7. The number of carbonyl (C=O) groups excluding carboxylic acids is 1. The monoisotopic (exact) mass is 390 g/mol. The lowest BCUT2D eigenvalue weighted by atomic mass is 10.1. The van der Waals surface area contributed by atoms with E-state index < -0.39 is 0 Å². The van der Waals surface area contributed by atoms with Gasteiger partial charge in [-0.3, -0.25) is 4.79 Å². The number of rotatable bonds is 6. The molecule has 0 bridgehead atoms. The molecule has 0 unspecified atom stereocenters. The van der Waals surface area contributed by atoms with Crippen LogP contribution >= 0.6 is 11.8 Å². The molecule has 2 aromatic heterocycles. The van der Waals surface area contributed by atoms with Crippen molar-refractivity contribution in [3.63, 3.8) is 0 Å². The van der Waals surface area contributed by atoms with E-state index in [1.54, 1.807) is 0 Å². The van der Waals surface area contributed by atoms with Crippen LogP contribution in [0.5, 0.6) is 0 Å². The SMILES string of the molecule is Cc1[nH]c2ccccc2c1C(=O)[C@H](C)Sc1nnc(Cc2ccccc2)n1C. The van der Waals surface area contributed by atoms with Gasteiger partial charge in [-0.15, -0.1) is 10.2 Å². The Hall–Kier alpha value is -2.86. The Balaban J connectivity index is 1.54. The number of nitrogens with zero attached hydrogens (tertiary/aromatic N) is 3. The van der Waals surface area contributed by atoms with E-state index in [2.05, 4.69) is 27.3 Å². The molecule has 1 N–H and O–H groups in total. The van der Waals surface area contributed by atoms with Crippen LogP contribution in [-0.2, 0) is 13.5 Å². The molecule has 142 valence electrons. The molecular formula is C22H22N4OS. The van der Waals surface area contributed by atoms with Gasteiger partial charge in [0.05, 0.1) is 5.25 Å². The summed E-state index contributed by atoms with van der Waals surface area (Å²) in [6.45, 7) is 3.88. The Bertz CT molecular complexity index is 1130. The van der Waals surface area contributed by atoms with Crippen LogP contribution in [0.2, 0.25) is 0 Å². The topological polar surface area (TPSA) is 63.6 Å². The maximum Gasteiger partial charge on any atom is 0.191 e. The average Bonchev–Trinajstić information content (AvgIpc) is 3.21. The number of benzene rings is 2. The van der Waals surface area contributed by atoms with E-state index >= 15 is 0 Å². The van der Waals surface area contributed by atoms with Gasteiger partial charge in [0.15, 0.2) is 10.9 Å². The zero-order valence-electron chi connectivity index (χ0n) is 16.1. The van der Waals surface area contributed by atoms with Gasteiger partial charge >= 0.3 is 0 Å². The molecule has 0 fully saturated rings. The summed E-state index contributed by atoms with van der Waals surface area (Å²) in [5.41, 5.74) is 3.85. The van der Waals surface area contributed by atoms with Crippen LogP contribution in [0.4, 0.5) is 0 Å². The maximum absolute atomic E-state index is 13.2. The van der Waals surface area contributed by atoms with Crippen LogP contribution in [0.15, 0.2) is 59.8 Å². The molecule has 5 nitrogen and oxygen atoms in total. The number of aromatic amines is 1. The van der Waals surface area contributed by atoms with Crippen molar-refractivity contribution in [3.05, 3.63) is 77.2 Å². The Morgan fingerprint density at radius 1 is 1.11 bits per heavy atom. The van der Waals surface area contributed by atoms with Gasteiger partial charge in [-0.1, -0.05) is 60.3 Å². The number of aromatic nitrogens is 4. The minimum absolute atomic E-state index is 0.104. The fourth-order valence-corrected chi connectivity index (χ4v) is 4.28. The summed E-state index contributed by atoms with van der Waals surface area (Å²) >= 11 is 1.45. The molecule has 28 heavy (non-hydrogen) atoms. The summed E-state index contributed by atoms with van der Waals surface area (Å²) in [5, 5.41) is 10.1. The highest BCUT2D eigenvalue weighted by Crippen LogP contribution is 2.29. The molecule has 2 heterocycles. The Morgan fingerprint density at radius 3 is 2.61 bits per heavy atom. The third-order valence-electron chi connectivity index (χ3n) is 4.92. The van der Waals surface area contributed by atoms with Crippen molar-refractivity contribution in [2.24, 2.45) is 7.05 Å². The van der Waals surface area contributed by atoms with E-state index in [1.807, 2.05) is 67.9 Å². The highest BCUT2D eigenvalue weighted by atomic mass is 32.2. The normalized spacial score (nSPS) is 12.4. The van der Waals surface area contributed by atoms with E-state index in [0.29, 0.717) is 0 Å². The van der Waals surface area contributed by atoms with Crippen LogP contribution < -0.4 is 0 Å². The van der Waals surface area contributed by atoms with Crippen molar-refractivity contribution in [2.75, 3.05) is 0 Å². The number of carbonyl (C=O) groups is 1. The molecule has 1 atom stereocenters. The Labute approximate surface area is 168 Å². The fourth-order valence-electron chi connectivity index (χ4n) is 3.39. The third kappa shape index (κ3) is 3.47. The number of hydrogen-bond donors (Lipinski definition) is 1. The lowest BCUT2D eigenvalue weighted by Gasteiger charge is -2.10. The summed E-state index contributed by atoms with van der Waals surface area (Å²) in [5.74, 6) is 0.990. The van der Waals surface area contributed by atoms with Gasteiger partial charge in [0.25, 0.3) is 0 Å². The molecule has 0 radical (unpaired) electrons. The molecule has 0 amide bonds. The van der Waals surface area contributed by atoms with E-state index in [0.717, 1.165) is 39.6 Å². The number of aryl methyl sites for hydroxylation is 1. The number of Topliss-reactive ketones (excluding diaryl/α,β-unsaturated/α-hetero) is 1. The largest absolute Gasteiger partial charge is 0.358 e. The zero-order valence-corrected chi connectivity index (χ0v) is 17.0. The van der Waals surface area contributed by atoms with Crippen LogP contribution in [0, 0.1) is 6.92 Å². The minimum atomic E-state index is -0.259.